The van der Waals surface area contributed by atoms with Crippen LogP contribution in [0.15, 0.2) is 12.3 Å². The largest absolute Gasteiger partial charge is 0.489 e. The van der Waals surface area contributed by atoms with E-state index in [1.165, 1.54) is 0 Å². The Balaban J connectivity index is 2.00. The van der Waals surface area contributed by atoms with Gasteiger partial charge in [0.25, 0.3) is 0 Å². The highest BCUT2D eigenvalue weighted by Gasteiger charge is 2.20. The lowest BCUT2D eigenvalue weighted by Crippen LogP contribution is -2.31. The maximum Gasteiger partial charge on any atom is 0.159 e. The molecule has 0 saturated heterocycles. The Labute approximate surface area is 105 Å². The minimum atomic E-state index is 0.181. The number of aromatic nitrogens is 1. The second-order valence-corrected chi connectivity index (χ2v) is 4.68. The quantitative estimate of drug-likeness (QED) is 0.875. The monoisotopic (exact) mass is 251 g/mol. The zero-order valence-corrected chi connectivity index (χ0v) is 10.2. The van der Waals surface area contributed by atoms with Crippen LogP contribution in [0, 0.1) is 11.3 Å². The molecule has 1 aliphatic rings. The number of nitriles is 1. The van der Waals surface area contributed by atoms with E-state index in [0.29, 0.717) is 16.8 Å². The van der Waals surface area contributed by atoms with Crippen molar-refractivity contribution in [1.82, 2.24) is 4.98 Å². The molecule has 1 aliphatic carbocycles. The molecular weight excluding hydrogens is 238 g/mol. The van der Waals surface area contributed by atoms with Crippen molar-refractivity contribution >= 4 is 11.6 Å². The molecule has 4 nitrogen and oxygen atoms in total. The second kappa shape index (κ2) is 5.35. The molecule has 0 aliphatic heterocycles. The molecule has 0 radical (unpaired) electrons. The van der Waals surface area contributed by atoms with E-state index in [1.807, 2.05) is 6.07 Å². The van der Waals surface area contributed by atoms with Gasteiger partial charge in [0, 0.05) is 12.1 Å². The van der Waals surface area contributed by atoms with Gasteiger partial charge in [-0.25, -0.2) is 4.98 Å². The third kappa shape index (κ3) is 3.09. The second-order valence-electron chi connectivity index (χ2n) is 4.27. The van der Waals surface area contributed by atoms with Crippen LogP contribution >= 0.6 is 11.6 Å². The molecule has 2 N–H and O–H groups in total. The molecule has 5 heteroatoms. The first kappa shape index (κ1) is 12.2. The third-order valence-corrected chi connectivity index (χ3v) is 3.23. The van der Waals surface area contributed by atoms with E-state index >= 15 is 0 Å². The molecule has 0 amide bonds. The maximum atomic E-state index is 8.71. The van der Waals surface area contributed by atoms with Gasteiger partial charge in [-0.3, -0.25) is 0 Å². The highest BCUT2D eigenvalue weighted by atomic mass is 35.5. The van der Waals surface area contributed by atoms with Gasteiger partial charge in [-0.15, -0.1) is 0 Å². The fourth-order valence-corrected chi connectivity index (χ4v) is 2.16. The Kier molecular flexibility index (Phi) is 3.82. The van der Waals surface area contributed by atoms with Gasteiger partial charge in [0.2, 0.25) is 0 Å². The molecule has 0 atom stereocenters. The highest BCUT2D eigenvalue weighted by molar-refractivity contribution is 6.31. The smallest absolute Gasteiger partial charge is 0.159 e. The molecule has 1 aromatic rings. The zero-order chi connectivity index (χ0) is 12.3. The van der Waals surface area contributed by atoms with Crippen molar-refractivity contribution in [2.75, 3.05) is 0 Å². The van der Waals surface area contributed by atoms with Crippen molar-refractivity contribution in [3.63, 3.8) is 0 Å². The Morgan fingerprint density at radius 3 is 2.71 bits per heavy atom. The molecule has 1 fully saturated rings. The summed E-state index contributed by atoms with van der Waals surface area (Å²) in [4.78, 5) is 3.93. The van der Waals surface area contributed by atoms with Crippen molar-refractivity contribution in [2.24, 2.45) is 5.73 Å². The Morgan fingerprint density at radius 2 is 2.12 bits per heavy atom. The van der Waals surface area contributed by atoms with Crippen molar-refractivity contribution in [3.05, 3.63) is 23.0 Å². The average Bonchev–Trinajstić information content (AvgIpc) is 2.32. The van der Waals surface area contributed by atoms with Crippen LogP contribution in [0.5, 0.6) is 5.75 Å². The number of hydrogen-bond donors (Lipinski definition) is 1. The van der Waals surface area contributed by atoms with Crippen molar-refractivity contribution < 1.29 is 4.74 Å². The number of ether oxygens (including phenoxy) is 1. The van der Waals surface area contributed by atoms with Crippen LogP contribution < -0.4 is 10.5 Å². The Bertz CT molecular complexity index is 436. The topological polar surface area (TPSA) is 71.9 Å². The van der Waals surface area contributed by atoms with Crippen molar-refractivity contribution in [3.8, 4) is 11.8 Å². The van der Waals surface area contributed by atoms with Crippen LogP contribution in [-0.2, 0) is 0 Å². The minimum absolute atomic E-state index is 0.181. The molecule has 0 bridgehead atoms. The predicted octanol–water partition coefficient (Wildman–Crippen LogP) is 2.26. The number of pyridine rings is 1. The van der Waals surface area contributed by atoms with Gasteiger partial charge in [-0.1, -0.05) is 11.6 Å². The summed E-state index contributed by atoms with van der Waals surface area (Å²) >= 11 is 5.89. The molecule has 0 spiro atoms. The Morgan fingerprint density at radius 1 is 1.41 bits per heavy atom. The van der Waals surface area contributed by atoms with E-state index in [9.17, 15) is 0 Å². The lowest BCUT2D eigenvalue weighted by atomic mass is 9.94. The molecule has 1 aromatic heterocycles. The predicted molar refractivity (Wildman–Crippen MR) is 64.8 cm³/mol. The number of hydrogen-bond acceptors (Lipinski definition) is 4. The molecule has 0 unspecified atom stereocenters. The summed E-state index contributed by atoms with van der Waals surface area (Å²) in [5.41, 5.74) is 6.05. The first-order chi connectivity index (χ1) is 8.19. The summed E-state index contributed by atoms with van der Waals surface area (Å²) in [5.74, 6) is 0.620. The summed E-state index contributed by atoms with van der Waals surface area (Å²) in [6, 6.07) is 3.86. The fraction of sp³-hybridized carbons (Fsp3) is 0.500. The molecule has 1 heterocycles. The fourth-order valence-electron chi connectivity index (χ4n) is 1.97. The molecule has 17 heavy (non-hydrogen) atoms. The summed E-state index contributed by atoms with van der Waals surface area (Å²) in [6.07, 6.45) is 5.61. The van der Waals surface area contributed by atoms with Gasteiger partial charge in [-0.2, -0.15) is 5.26 Å². The normalized spacial score (nSPS) is 24.1. The number of halogens is 1. The first-order valence-corrected chi connectivity index (χ1v) is 6.04. The van der Waals surface area contributed by atoms with Gasteiger partial charge in [-0.05, 0) is 25.7 Å². The highest BCUT2D eigenvalue weighted by Crippen LogP contribution is 2.25. The van der Waals surface area contributed by atoms with Crippen LogP contribution in [-0.4, -0.2) is 17.1 Å². The van der Waals surface area contributed by atoms with Gasteiger partial charge >= 0.3 is 0 Å². The van der Waals surface area contributed by atoms with Crippen LogP contribution in [0.1, 0.15) is 31.4 Å². The molecular formula is C12H14ClN3O. The lowest BCUT2D eigenvalue weighted by Gasteiger charge is -2.26. The van der Waals surface area contributed by atoms with E-state index < -0.39 is 0 Å². The van der Waals surface area contributed by atoms with Gasteiger partial charge in [0.05, 0.1) is 17.3 Å². The standard InChI is InChI=1S/C12H14ClN3O/c13-11-5-10(7-16-12(11)6-14)17-9-3-1-8(15)2-4-9/h5,7-9H,1-4,15H2. The van der Waals surface area contributed by atoms with Crippen LogP contribution in [0.4, 0.5) is 0 Å². The summed E-state index contributed by atoms with van der Waals surface area (Å²) in [6.45, 7) is 0. The molecule has 2 rings (SSSR count). The van der Waals surface area contributed by atoms with Gasteiger partial charge in [0.1, 0.15) is 11.8 Å². The van der Waals surface area contributed by atoms with E-state index in [1.54, 1.807) is 12.3 Å². The van der Waals surface area contributed by atoms with Crippen LogP contribution in [0.2, 0.25) is 5.02 Å². The molecule has 1 saturated carbocycles. The number of nitrogens with zero attached hydrogens (tertiary/aromatic N) is 2. The summed E-state index contributed by atoms with van der Waals surface area (Å²) in [7, 11) is 0. The van der Waals surface area contributed by atoms with E-state index in [0.717, 1.165) is 25.7 Å². The van der Waals surface area contributed by atoms with Crippen LogP contribution in [0.25, 0.3) is 0 Å². The number of nitrogens with two attached hydrogens (primary N) is 1. The summed E-state index contributed by atoms with van der Waals surface area (Å²) < 4.78 is 5.77. The van der Waals surface area contributed by atoms with E-state index in [-0.39, 0.29) is 11.8 Å². The SMILES string of the molecule is N#Cc1ncc(OC2CCC(N)CC2)cc1Cl. The van der Waals surface area contributed by atoms with Crippen molar-refractivity contribution in [2.45, 2.75) is 37.8 Å². The molecule has 90 valence electrons. The maximum absolute atomic E-state index is 8.71. The number of rotatable bonds is 2. The minimum Gasteiger partial charge on any atom is -0.489 e. The first-order valence-electron chi connectivity index (χ1n) is 5.67. The van der Waals surface area contributed by atoms with E-state index in [4.69, 9.17) is 27.3 Å². The average molecular weight is 252 g/mol. The zero-order valence-electron chi connectivity index (χ0n) is 9.40. The van der Waals surface area contributed by atoms with E-state index in [2.05, 4.69) is 4.98 Å². The Hall–Kier alpha value is -1.31. The lowest BCUT2D eigenvalue weighted by molar-refractivity contribution is 0.146. The summed E-state index contributed by atoms with van der Waals surface area (Å²) in [5, 5.41) is 9.04. The van der Waals surface area contributed by atoms with Crippen LogP contribution in [0.3, 0.4) is 0 Å². The molecule has 0 aromatic carbocycles. The third-order valence-electron chi connectivity index (χ3n) is 2.94. The van der Waals surface area contributed by atoms with Gasteiger partial charge in [0.15, 0.2) is 5.69 Å². The van der Waals surface area contributed by atoms with Gasteiger partial charge < -0.3 is 10.5 Å². The van der Waals surface area contributed by atoms with Crippen molar-refractivity contribution in [1.29, 1.82) is 5.26 Å².